The number of hydrogen-bond acceptors (Lipinski definition) is 2. The monoisotopic (exact) mass is 368 g/mol. The smallest absolute Gasteiger partial charge is 0.0786 e. The second-order valence-corrected chi connectivity index (χ2v) is 9.37. The summed E-state index contributed by atoms with van der Waals surface area (Å²) in [4.78, 5) is 9.18. The third kappa shape index (κ3) is 2.47. The molecule has 1 aliphatic rings. The van der Waals surface area contributed by atoms with Gasteiger partial charge in [-0.25, -0.2) is 0 Å². The number of aromatic nitrogens is 2. The maximum absolute atomic E-state index is 8.88. The van der Waals surface area contributed by atoms with Gasteiger partial charge in [0.15, 0.2) is 0 Å². The topological polar surface area (TPSA) is 25.8 Å². The zero-order chi connectivity index (χ0) is 21.5. The van der Waals surface area contributed by atoms with Gasteiger partial charge in [-0.15, -0.1) is 0 Å². The Morgan fingerprint density at radius 3 is 2.57 bits per heavy atom. The van der Waals surface area contributed by atoms with Gasteiger partial charge in [0.2, 0.25) is 0 Å². The molecule has 0 saturated heterocycles. The van der Waals surface area contributed by atoms with E-state index in [1.54, 1.807) is 0 Å². The van der Waals surface area contributed by atoms with E-state index in [9.17, 15) is 0 Å². The molecule has 0 atom stereocenters. The van der Waals surface area contributed by atoms with Gasteiger partial charge in [0.1, 0.15) is 0 Å². The zero-order valence-electron chi connectivity index (χ0n) is 19.1. The van der Waals surface area contributed by atoms with E-state index in [1.807, 2.05) is 57.6 Å². The molecule has 2 heteroatoms. The molecule has 2 aromatic heterocycles. The molecular formula is C26H26N2. The second-order valence-electron chi connectivity index (χ2n) is 9.37. The van der Waals surface area contributed by atoms with Crippen LogP contribution in [0.4, 0.5) is 0 Å². The van der Waals surface area contributed by atoms with Crippen LogP contribution in [0.5, 0.6) is 0 Å². The Labute approximate surface area is 169 Å². The van der Waals surface area contributed by atoms with Gasteiger partial charge in [-0.2, -0.15) is 0 Å². The normalized spacial score (nSPS) is 16.6. The molecule has 0 aliphatic heterocycles. The maximum atomic E-state index is 8.88. The molecule has 0 N–H and O–H groups in total. The van der Waals surface area contributed by atoms with E-state index in [4.69, 9.17) is 7.73 Å². The van der Waals surface area contributed by atoms with Gasteiger partial charge in [-0.3, -0.25) is 9.97 Å². The largest absolute Gasteiger partial charge is 0.264 e. The average molecular weight is 369 g/mol. The van der Waals surface area contributed by atoms with Crippen molar-refractivity contribution in [1.82, 2.24) is 9.97 Å². The summed E-state index contributed by atoms with van der Waals surface area (Å²) < 4.78 is 17.8. The van der Waals surface area contributed by atoms with Gasteiger partial charge < -0.3 is 0 Å². The minimum absolute atomic E-state index is 0.309. The van der Waals surface area contributed by atoms with Crippen LogP contribution >= 0.6 is 0 Å². The van der Waals surface area contributed by atoms with Crippen LogP contribution in [0.15, 0.2) is 55.0 Å². The van der Waals surface area contributed by atoms with Crippen molar-refractivity contribution in [3.8, 4) is 11.3 Å². The lowest BCUT2D eigenvalue weighted by atomic mass is 9.67. The van der Waals surface area contributed by atoms with Gasteiger partial charge >= 0.3 is 0 Å². The molecule has 1 aliphatic carbocycles. The molecule has 0 unspecified atom stereocenters. The van der Waals surface area contributed by atoms with E-state index >= 15 is 0 Å². The highest BCUT2D eigenvalue weighted by atomic mass is 14.7. The molecule has 5 rings (SSSR count). The van der Waals surface area contributed by atoms with Gasteiger partial charge in [0.25, 0.3) is 0 Å². The Kier molecular flexibility index (Phi) is 3.06. The Hall–Kier alpha value is -2.74. The van der Waals surface area contributed by atoms with Crippen LogP contribution in [0, 0.1) is 5.41 Å². The van der Waals surface area contributed by atoms with Gasteiger partial charge in [0, 0.05) is 43.1 Å². The lowest BCUT2D eigenvalue weighted by Gasteiger charge is -2.36. The summed E-state index contributed by atoms with van der Waals surface area (Å²) in [5.41, 5.74) is 4.37. The fourth-order valence-corrected chi connectivity index (χ4v) is 4.69. The average Bonchev–Trinajstić information content (AvgIpc) is 2.70. The fraction of sp³-hybridized carbons (Fsp3) is 0.308. The summed E-state index contributed by atoms with van der Waals surface area (Å²) in [5.74, 6) is 0. The molecule has 2 nitrogen and oxygen atoms in total. The summed E-state index contributed by atoms with van der Waals surface area (Å²) in [7, 11) is 0. The van der Waals surface area contributed by atoms with Crippen LogP contribution in [-0.4, -0.2) is 9.97 Å². The van der Waals surface area contributed by atoms with Crippen LogP contribution in [0.3, 0.4) is 0 Å². The molecular weight excluding hydrogens is 340 g/mol. The first kappa shape index (κ1) is 15.2. The van der Waals surface area contributed by atoms with Crippen molar-refractivity contribution in [3.05, 3.63) is 71.7 Å². The minimum atomic E-state index is -1.46. The summed E-state index contributed by atoms with van der Waals surface area (Å²) in [6.07, 6.45) is 4.15. The van der Waals surface area contributed by atoms with E-state index < -0.39 is 11.8 Å². The van der Waals surface area contributed by atoms with Crippen molar-refractivity contribution in [1.29, 1.82) is 0 Å². The minimum Gasteiger partial charge on any atom is -0.264 e. The summed E-state index contributed by atoms with van der Waals surface area (Å²) in [5, 5.41) is 4.47. The second kappa shape index (κ2) is 5.64. The quantitative estimate of drug-likeness (QED) is 0.374. The third-order valence-electron chi connectivity index (χ3n) is 5.76. The predicted octanol–water partition coefficient (Wildman–Crippen LogP) is 6.68. The fourth-order valence-electron chi connectivity index (χ4n) is 4.69. The maximum Gasteiger partial charge on any atom is 0.0786 e. The molecule has 0 fully saturated rings. The van der Waals surface area contributed by atoms with Crippen LogP contribution < -0.4 is 0 Å². The van der Waals surface area contributed by atoms with Gasteiger partial charge in [-0.1, -0.05) is 58.9 Å². The Bertz CT molecular complexity index is 1330. The molecule has 4 aromatic rings. The van der Waals surface area contributed by atoms with Crippen molar-refractivity contribution in [2.24, 2.45) is 5.41 Å². The van der Waals surface area contributed by atoms with Crippen molar-refractivity contribution in [2.45, 2.75) is 46.4 Å². The first-order valence-electron chi connectivity index (χ1n) is 10.8. The van der Waals surface area contributed by atoms with Gasteiger partial charge in [0.05, 0.1) is 5.69 Å². The summed E-state index contributed by atoms with van der Waals surface area (Å²) in [6, 6.07) is 12.5. The standard InChI is InChI=1S/C26H26N2/c1-25(2,3)14-16-12-18-9-11-28-24-19-7-6-17-8-10-27-15-20(17)23(19)26(4,5)21(13-16)22(18)24/h6-13,15H,14H2,1-5H3/i14D2. The molecule has 0 spiro atoms. The number of nitrogens with zero attached hydrogens (tertiary/aromatic N) is 2. The molecule has 2 heterocycles. The lowest BCUT2D eigenvalue weighted by molar-refractivity contribution is 0.411. The number of rotatable bonds is 1. The van der Waals surface area contributed by atoms with E-state index in [0.717, 1.165) is 43.9 Å². The highest BCUT2D eigenvalue weighted by Gasteiger charge is 2.36. The van der Waals surface area contributed by atoms with Crippen LogP contribution in [0.2, 0.25) is 0 Å². The Morgan fingerprint density at radius 1 is 1.00 bits per heavy atom. The highest BCUT2D eigenvalue weighted by Crippen LogP contribution is 2.50. The zero-order valence-corrected chi connectivity index (χ0v) is 17.1. The van der Waals surface area contributed by atoms with E-state index in [1.165, 1.54) is 5.56 Å². The number of benzene rings is 2. The first-order valence-corrected chi connectivity index (χ1v) is 9.85. The lowest BCUT2D eigenvalue weighted by Crippen LogP contribution is -2.25. The number of fused-ring (bicyclic) bond motifs is 4. The molecule has 140 valence electrons. The van der Waals surface area contributed by atoms with Crippen molar-refractivity contribution < 1.29 is 2.74 Å². The first-order chi connectivity index (χ1) is 14.0. The van der Waals surface area contributed by atoms with Crippen molar-refractivity contribution in [2.75, 3.05) is 0 Å². The molecule has 0 saturated carbocycles. The van der Waals surface area contributed by atoms with Crippen LogP contribution in [-0.2, 0) is 11.8 Å². The predicted molar refractivity (Wildman–Crippen MR) is 118 cm³/mol. The highest BCUT2D eigenvalue weighted by molar-refractivity contribution is 6.05. The van der Waals surface area contributed by atoms with Crippen LogP contribution in [0.1, 0.15) is 54.1 Å². The molecule has 2 aromatic carbocycles. The molecule has 28 heavy (non-hydrogen) atoms. The van der Waals surface area contributed by atoms with Crippen LogP contribution in [0.25, 0.3) is 32.8 Å². The van der Waals surface area contributed by atoms with Crippen molar-refractivity contribution >= 4 is 21.5 Å². The number of pyridine rings is 2. The van der Waals surface area contributed by atoms with Crippen molar-refractivity contribution in [3.63, 3.8) is 0 Å². The molecule has 0 radical (unpaired) electrons. The summed E-state index contributed by atoms with van der Waals surface area (Å²) in [6.45, 7) is 10.3. The Morgan fingerprint density at radius 2 is 1.79 bits per heavy atom. The van der Waals surface area contributed by atoms with E-state index in [-0.39, 0.29) is 5.41 Å². The van der Waals surface area contributed by atoms with E-state index in [0.29, 0.717) is 0 Å². The summed E-state index contributed by atoms with van der Waals surface area (Å²) >= 11 is 0. The molecule has 0 bridgehead atoms. The third-order valence-corrected chi connectivity index (χ3v) is 5.76. The van der Waals surface area contributed by atoms with Gasteiger partial charge in [-0.05, 0) is 51.4 Å². The molecule has 0 amide bonds. The number of hydrogen-bond donors (Lipinski definition) is 0. The van der Waals surface area contributed by atoms with E-state index in [2.05, 4.69) is 37.0 Å². The Balaban J connectivity index is 1.93. The SMILES string of the molecule is [2H]C([2H])(c1cc2c3c(nccc3c1)-c1ccc3ccncc3c1C2(C)C)C(C)(C)C.